The maximum atomic E-state index is 12.7. The first-order valence-electron chi connectivity index (χ1n) is 9.61. The molecule has 1 aliphatic rings. The van der Waals surface area contributed by atoms with Gasteiger partial charge in [0.1, 0.15) is 5.75 Å². The highest BCUT2D eigenvalue weighted by Crippen LogP contribution is 2.34. The van der Waals surface area contributed by atoms with E-state index >= 15 is 0 Å². The SMILES string of the molecule is CCOc1ccc(NC(=O)CCS(=O)(=O)c2ccc3c(c2)NC(=O)[C@@H](C)CS3)cc1. The fourth-order valence-corrected chi connectivity index (χ4v) is 5.12. The Balaban J connectivity index is 1.63. The van der Waals surface area contributed by atoms with E-state index in [2.05, 4.69) is 10.6 Å². The second-order valence-electron chi connectivity index (χ2n) is 6.93. The summed E-state index contributed by atoms with van der Waals surface area (Å²) in [5.74, 6) is 0.318. The van der Waals surface area contributed by atoms with Gasteiger partial charge in [-0.05, 0) is 49.4 Å². The third kappa shape index (κ3) is 5.54. The fourth-order valence-electron chi connectivity index (χ4n) is 2.84. The lowest BCUT2D eigenvalue weighted by molar-refractivity contribution is -0.118. The van der Waals surface area contributed by atoms with Crippen molar-refractivity contribution in [1.82, 2.24) is 0 Å². The average Bonchev–Trinajstić information content (AvgIpc) is 2.86. The van der Waals surface area contributed by atoms with Gasteiger partial charge in [0, 0.05) is 28.7 Å². The summed E-state index contributed by atoms with van der Waals surface area (Å²) in [6.45, 7) is 4.26. The highest BCUT2D eigenvalue weighted by molar-refractivity contribution is 7.99. The minimum Gasteiger partial charge on any atom is -0.494 e. The molecule has 0 bridgehead atoms. The summed E-state index contributed by atoms with van der Waals surface area (Å²) < 4.78 is 30.8. The molecule has 0 saturated heterocycles. The molecule has 0 fully saturated rings. The normalized spacial score (nSPS) is 16.2. The van der Waals surface area contributed by atoms with Gasteiger partial charge in [0.2, 0.25) is 11.8 Å². The molecule has 2 aromatic carbocycles. The van der Waals surface area contributed by atoms with Crippen molar-refractivity contribution in [2.45, 2.75) is 30.1 Å². The molecule has 0 aromatic heterocycles. The quantitative estimate of drug-likeness (QED) is 0.672. The fraction of sp³-hybridized carbons (Fsp3) is 0.333. The summed E-state index contributed by atoms with van der Waals surface area (Å²) in [5.41, 5.74) is 1.06. The molecule has 160 valence electrons. The van der Waals surface area contributed by atoms with Crippen molar-refractivity contribution in [3.63, 3.8) is 0 Å². The van der Waals surface area contributed by atoms with Crippen LogP contribution in [0.25, 0.3) is 0 Å². The van der Waals surface area contributed by atoms with Crippen LogP contribution in [-0.4, -0.2) is 38.3 Å². The van der Waals surface area contributed by atoms with Crippen molar-refractivity contribution < 1.29 is 22.7 Å². The molecule has 2 N–H and O–H groups in total. The first kappa shape index (κ1) is 22.2. The number of benzene rings is 2. The van der Waals surface area contributed by atoms with Crippen LogP contribution in [0.3, 0.4) is 0 Å². The van der Waals surface area contributed by atoms with Crippen LogP contribution in [0.4, 0.5) is 11.4 Å². The van der Waals surface area contributed by atoms with E-state index in [9.17, 15) is 18.0 Å². The number of hydrogen-bond acceptors (Lipinski definition) is 6. The van der Waals surface area contributed by atoms with Crippen molar-refractivity contribution in [1.29, 1.82) is 0 Å². The van der Waals surface area contributed by atoms with Crippen molar-refractivity contribution >= 4 is 44.8 Å². The van der Waals surface area contributed by atoms with Crippen LogP contribution in [0.15, 0.2) is 52.3 Å². The molecule has 0 unspecified atom stereocenters. The Labute approximate surface area is 180 Å². The Morgan fingerprint density at radius 3 is 2.67 bits per heavy atom. The van der Waals surface area contributed by atoms with E-state index in [1.54, 1.807) is 30.3 Å². The van der Waals surface area contributed by atoms with Crippen molar-refractivity contribution in [3.8, 4) is 5.75 Å². The number of carbonyl (C=O) groups is 2. The molecule has 0 aliphatic carbocycles. The lowest BCUT2D eigenvalue weighted by Gasteiger charge is -2.10. The van der Waals surface area contributed by atoms with Crippen LogP contribution in [0.5, 0.6) is 5.75 Å². The zero-order chi connectivity index (χ0) is 21.7. The van der Waals surface area contributed by atoms with Gasteiger partial charge >= 0.3 is 0 Å². The van der Waals surface area contributed by atoms with E-state index in [0.717, 1.165) is 4.90 Å². The molecule has 3 rings (SSSR count). The van der Waals surface area contributed by atoms with Gasteiger partial charge in [-0.3, -0.25) is 9.59 Å². The first-order chi connectivity index (χ1) is 14.3. The Morgan fingerprint density at radius 1 is 1.23 bits per heavy atom. The molecule has 0 saturated carbocycles. The number of nitrogens with one attached hydrogen (secondary N) is 2. The van der Waals surface area contributed by atoms with Crippen LogP contribution < -0.4 is 15.4 Å². The summed E-state index contributed by atoms with van der Waals surface area (Å²) in [6.07, 6.45) is -0.176. The third-order valence-corrected chi connectivity index (χ3v) is 7.60. The first-order valence-corrected chi connectivity index (χ1v) is 12.3. The molecule has 0 radical (unpaired) electrons. The van der Waals surface area contributed by atoms with Gasteiger partial charge in [-0.15, -0.1) is 11.8 Å². The van der Waals surface area contributed by atoms with Crippen LogP contribution in [0.2, 0.25) is 0 Å². The summed E-state index contributed by atoms with van der Waals surface area (Å²) in [7, 11) is -3.68. The van der Waals surface area contributed by atoms with E-state index in [4.69, 9.17) is 4.74 Å². The molecule has 0 spiro atoms. The Morgan fingerprint density at radius 2 is 1.97 bits per heavy atom. The summed E-state index contributed by atoms with van der Waals surface area (Å²) >= 11 is 1.51. The number of hydrogen-bond donors (Lipinski definition) is 2. The Kier molecular flexibility index (Phi) is 7.04. The van der Waals surface area contributed by atoms with Gasteiger partial charge in [0.15, 0.2) is 9.84 Å². The maximum absolute atomic E-state index is 12.7. The highest BCUT2D eigenvalue weighted by Gasteiger charge is 2.23. The molecule has 2 amide bonds. The predicted molar refractivity (Wildman–Crippen MR) is 118 cm³/mol. The zero-order valence-corrected chi connectivity index (χ0v) is 18.4. The molecule has 7 nitrogen and oxygen atoms in total. The number of rotatable bonds is 7. The summed E-state index contributed by atoms with van der Waals surface area (Å²) in [6, 6.07) is 11.6. The molecule has 1 atom stereocenters. The lowest BCUT2D eigenvalue weighted by atomic mass is 10.2. The van der Waals surface area contributed by atoms with Crippen molar-refractivity contribution in [2.75, 3.05) is 28.7 Å². The van der Waals surface area contributed by atoms with Gasteiger partial charge < -0.3 is 15.4 Å². The van der Waals surface area contributed by atoms with Gasteiger partial charge in [-0.25, -0.2) is 8.42 Å². The maximum Gasteiger partial charge on any atom is 0.228 e. The lowest BCUT2D eigenvalue weighted by Crippen LogP contribution is -2.20. The zero-order valence-electron chi connectivity index (χ0n) is 16.8. The number of sulfone groups is 1. The van der Waals surface area contributed by atoms with Gasteiger partial charge in [-0.1, -0.05) is 6.92 Å². The third-order valence-electron chi connectivity index (χ3n) is 4.55. The smallest absolute Gasteiger partial charge is 0.228 e. The molecule has 1 aliphatic heterocycles. The number of fused-ring (bicyclic) bond motifs is 1. The largest absolute Gasteiger partial charge is 0.494 e. The number of anilines is 2. The van der Waals surface area contributed by atoms with E-state index in [1.807, 2.05) is 13.8 Å². The summed E-state index contributed by atoms with van der Waals surface area (Å²) in [4.78, 5) is 25.2. The van der Waals surface area contributed by atoms with Crippen LogP contribution in [-0.2, 0) is 19.4 Å². The van der Waals surface area contributed by atoms with Crippen LogP contribution in [0.1, 0.15) is 20.3 Å². The van der Waals surface area contributed by atoms with Crippen LogP contribution >= 0.6 is 11.8 Å². The topological polar surface area (TPSA) is 102 Å². The average molecular weight is 449 g/mol. The predicted octanol–water partition coefficient (Wildman–Crippen LogP) is 3.57. The van der Waals surface area contributed by atoms with Gasteiger partial charge in [0.05, 0.1) is 22.9 Å². The van der Waals surface area contributed by atoms with E-state index in [0.29, 0.717) is 29.5 Å². The van der Waals surface area contributed by atoms with E-state index in [1.165, 1.54) is 23.9 Å². The molecular weight excluding hydrogens is 424 g/mol. The highest BCUT2D eigenvalue weighted by atomic mass is 32.2. The molecule has 2 aromatic rings. The van der Waals surface area contributed by atoms with Crippen molar-refractivity contribution in [3.05, 3.63) is 42.5 Å². The van der Waals surface area contributed by atoms with E-state index < -0.39 is 15.7 Å². The standard InChI is InChI=1S/C21H24N2O5S2/c1-3-28-16-6-4-15(5-7-16)22-20(24)10-11-30(26,27)17-8-9-19-18(12-17)23-21(25)14(2)13-29-19/h4-9,12,14H,3,10-11,13H2,1-2H3,(H,22,24)(H,23,25)/t14-/m0/s1. The number of thioether (sulfide) groups is 1. The summed E-state index contributed by atoms with van der Waals surface area (Å²) in [5, 5.41) is 5.47. The number of amides is 2. The Bertz CT molecular complexity index is 1040. The van der Waals surface area contributed by atoms with Crippen LogP contribution in [0, 0.1) is 5.92 Å². The van der Waals surface area contributed by atoms with E-state index in [-0.39, 0.29) is 28.9 Å². The number of ether oxygens (including phenoxy) is 1. The molecule has 9 heteroatoms. The monoisotopic (exact) mass is 448 g/mol. The number of carbonyl (C=O) groups excluding carboxylic acids is 2. The molecule has 1 heterocycles. The second kappa shape index (κ2) is 9.53. The van der Waals surface area contributed by atoms with Gasteiger partial charge in [-0.2, -0.15) is 0 Å². The van der Waals surface area contributed by atoms with Crippen molar-refractivity contribution in [2.24, 2.45) is 5.92 Å². The minimum atomic E-state index is -3.68. The molecule has 30 heavy (non-hydrogen) atoms. The molecular formula is C21H24N2O5S2. The second-order valence-corrected chi connectivity index (χ2v) is 10.1. The Hall–Kier alpha value is -2.52. The minimum absolute atomic E-state index is 0.0885. The van der Waals surface area contributed by atoms with Gasteiger partial charge in [0.25, 0.3) is 0 Å².